The Hall–Kier alpha value is -0.900. The number of methoxy groups -OCH3 is 4. The molecule has 0 fully saturated rings. The molecule has 0 saturated carbocycles. The van der Waals surface area contributed by atoms with Gasteiger partial charge < -0.3 is 29.2 Å². The lowest BCUT2D eigenvalue weighted by atomic mass is 9.85. The first-order valence-electron chi connectivity index (χ1n) is 6.70. The highest BCUT2D eigenvalue weighted by Gasteiger charge is 2.50. The quantitative estimate of drug-likeness (QED) is 0.495. The van der Waals surface area contributed by atoms with E-state index in [4.69, 9.17) is 18.9 Å². The second-order valence-corrected chi connectivity index (χ2v) is 5.03. The topological polar surface area (TPSA) is 112 Å². The lowest BCUT2D eigenvalue weighted by Gasteiger charge is -2.40. The van der Waals surface area contributed by atoms with Gasteiger partial charge in [-0.15, -0.1) is 0 Å². The van der Waals surface area contributed by atoms with Crippen LogP contribution >= 0.6 is 0 Å². The molecule has 0 aromatic rings. The summed E-state index contributed by atoms with van der Waals surface area (Å²) in [6.07, 6.45) is -4.92. The minimum Gasteiger partial charge on any atom is -0.382 e. The molecule has 0 saturated heterocycles. The average Bonchev–Trinajstić information content (AvgIpc) is 2.46. The number of carbonyl (C=O) groups is 2. The molecule has 8 heteroatoms. The van der Waals surface area contributed by atoms with Crippen LogP contribution in [0.4, 0.5) is 0 Å². The summed E-state index contributed by atoms with van der Waals surface area (Å²) >= 11 is 0. The molecule has 8 nitrogen and oxygen atoms in total. The molecule has 22 heavy (non-hydrogen) atoms. The molecule has 0 radical (unpaired) electrons. The first-order valence-corrected chi connectivity index (χ1v) is 6.70. The molecule has 0 amide bonds. The van der Waals surface area contributed by atoms with Gasteiger partial charge in [0.2, 0.25) is 0 Å². The van der Waals surface area contributed by atoms with Gasteiger partial charge in [0.05, 0.1) is 6.61 Å². The minimum absolute atomic E-state index is 0.340. The van der Waals surface area contributed by atoms with Gasteiger partial charge in [0, 0.05) is 28.4 Å². The summed E-state index contributed by atoms with van der Waals surface area (Å²) in [5.74, 6) is -1.14. The van der Waals surface area contributed by atoms with Gasteiger partial charge in [0.25, 0.3) is 0 Å². The summed E-state index contributed by atoms with van der Waals surface area (Å²) in [5.41, 5.74) is -2.02. The molecular weight excluding hydrogens is 296 g/mol. The molecule has 0 heterocycles. The molecular formula is C14H26O8. The number of rotatable bonds is 11. The normalized spacial score (nSPS) is 19.8. The molecule has 0 spiro atoms. The Labute approximate surface area is 130 Å². The van der Waals surface area contributed by atoms with Crippen molar-refractivity contribution in [1.29, 1.82) is 0 Å². The highest BCUT2D eigenvalue weighted by molar-refractivity contribution is 5.86. The summed E-state index contributed by atoms with van der Waals surface area (Å²) in [5, 5.41) is 20.6. The standard InChI is InChI=1S/C14H26O8/c1-8(15)10(17)11(20-4)12(21-5)13(22-6)14(18,7-19-3)9(2)16/h10-13,17-18H,7H2,1-6H3. The zero-order chi connectivity index (χ0) is 17.5. The van der Waals surface area contributed by atoms with Gasteiger partial charge in [0.1, 0.15) is 24.4 Å². The van der Waals surface area contributed by atoms with E-state index in [0.29, 0.717) is 0 Å². The number of carbonyl (C=O) groups excluding carboxylic acids is 2. The Balaban J connectivity index is 5.71. The second kappa shape index (κ2) is 9.29. The van der Waals surface area contributed by atoms with E-state index in [2.05, 4.69) is 0 Å². The average molecular weight is 322 g/mol. The lowest BCUT2D eigenvalue weighted by molar-refractivity contribution is -0.206. The molecule has 5 atom stereocenters. The van der Waals surface area contributed by atoms with Crippen molar-refractivity contribution in [1.82, 2.24) is 0 Å². The Morgan fingerprint density at radius 2 is 1.50 bits per heavy atom. The smallest absolute Gasteiger partial charge is 0.174 e. The van der Waals surface area contributed by atoms with Crippen LogP contribution in [0.2, 0.25) is 0 Å². The SMILES string of the molecule is COCC(O)(C(C)=O)C(OC)C(OC)C(OC)C(O)C(C)=O. The highest BCUT2D eigenvalue weighted by atomic mass is 16.6. The molecule has 130 valence electrons. The maximum absolute atomic E-state index is 11.9. The van der Waals surface area contributed by atoms with Crippen LogP contribution in [0.5, 0.6) is 0 Å². The zero-order valence-corrected chi connectivity index (χ0v) is 13.9. The van der Waals surface area contributed by atoms with Crippen molar-refractivity contribution in [3.63, 3.8) is 0 Å². The van der Waals surface area contributed by atoms with E-state index in [1.165, 1.54) is 42.3 Å². The van der Waals surface area contributed by atoms with Crippen molar-refractivity contribution in [2.24, 2.45) is 0 Å². The van der Waals surface area contributed by atoms with E-state index >= 15 is 0 Å². The van der Waals surface area contributed by atoms with E-state index in [-0.39, 0.29) is 6.61 Å². The highest BCUT2D eigenvalue weighted by Crippen LogP contribution is 2.25. The van der Waals surface area contributed by atoms with Gasteiger partial charge in [-0.1, -0.05) is 0 Å². The van der Waals surface area contributed by atoms with Gasteiger partial charge in [-0.2, -0.15) is 0 Å². The van der Waals surface area contributed by atoms with Crippen LogP contribution in [0.15, 0.2) is 0 Å². The Kier molecular flexibility index (Phi) is 8.91. The fourth-order valence-electron chi connectivity index (χ4n) is 2.31. The van der Waals surface area contributed by atoms with Crippen LogP contribution in [-0.4, -0.2) is 86.8 Å². The van der Waals surface area contributed by atoms with Crippen molar-refractivity contribution >= 4 is 11.6 Å². The summed E-state index contributed by atoms with van der Waals surface area (Å²) in [6, 6.07) is 0. The first-order chi connectivity index (χ1) is 10.2. The van der Waals surface area contributed by atoms with E-state index < -0.39 is 41.6 Å². The molecule has 0 aliphatic rings. The third-order valence-electron chi connectivity index (χ3n) is 3.59. The van der Waals surface area contributed by atoms with E-state index in [1.54, 1.807) is 0 Å². The van der Waals surface area contributed by atoms with Gasteiger partial charge in [0.15, 0.2) is 17.2 Å². The third kappa shape index (κ3) is 4.55. The van der Waals surface area contributed by atoms with Crippen LogP contribution in [0, 0.1) is 0 Å². The van der Waals surface area contributed by atoms with Gasteiger partial charge in [-0.05, 0) is 13.8 Å². The summed E-state index contributed by atoms with van der Waals surface area (Å²) in [7, 11) is 5.16. The van der Waals surface area contributed by atoms with Gasteiger partial charge in [-0.3, -0.25) is 9.59 Å². The third-order valence-corrected chi connectivity index (χ3v) is 3.59. The number of ether oxygens (including phenoxy) is 4. The van der Waals surface area contributed by atoms with Crippen molar-refractivity contribution in [3.05, 3.63) is 0 Å². The number of Topliss-reactive ketones (excluding diaryl/α,β-unsaturated/α-hetero) is 2. The number of aliphatic hydroxyl groups excluding tert-OH is 1. The Bertz CT molecular complexity index is 372. The largest absolute Gasteiger partial charge is 0.382 e. The monoisotopic (exact) mass is 322 g/mol. The summed E-state index contributed by atoms with van der Waals surface area (Å²) in [4.78, 5) is 23.3. The maximum Gasteiger partial charge on any atom is 0.174 e. The van der Waals surface area contributed by atoms with Crippen LogP contribution < -0.4 is 0 Å². The summed E-state index contributed by atoms with van der Waals surface area (Å²) in [6.45, 7) is 2.03. The van der Waals surface area contributed by atoms with Crippen molar-refractivity contribution in [2.75, 3.05) is 35.0 Å². The number of aliphatic hydroxyl groups is 2. The van der Waals surface area contributed by atoms with Crippen LogP contribution in [0.1, 0.15) is 13.8 Å². The second-order valence-electron chi connectivity index (χ2n) is 5.03. The fourth-order valence-corrected chi connectivity index (χ4v) is 2.31. The maximum atomic E-state index is 11.9. The molecule has 5 unspecified atom stereocenters. The Morgan fingerprint density at radius 1 is 1.00 bits per heavy atom. The number of ketones is 2. The van der Waals surface area contributed by atoms with Crippen LogP contribution in [0.3, 0.4) is 0 Å². The van der Waals surface area contributed by atoms with Crippen molar-refractivity contribution in [3.8, 4) is 0 Å². The van der Waals surface area contributed by atoms with Crippen LogP contribution in [0.25, 0.3) is 0 Å². The molecule has 0 aromatic carbocycles. The zero-order valence-electron chi connectivity index (χ0n) is 13.9. The van der Waals surface area contributed by atoms with Crippen LogP contribution in [-0.2, 0) is 28.5 Å². The van der Waals surface area contributed by atoms with Gasteiger partial charge >= 0.3 is 0 Å². The number of hydrogen-bond donors (Lipinski definition) is 2. The fraction of sp³-hybridized carbons (Fsp3) is 0.857. The Morgan fingerprint density at radius 3 is 1.77 bits per heavy atom. The van der Waals surface area contributed by atoms with E-state index in [0.717, 1.165) is 0 Å². The lowest BCUT2D eigenvalue weighted by Crippen LogP contribution is -2.62. The predicted octanol–water partition coefficient (Wildman–Crippen LogP) is -1.05. The van der Waals surface area contributed by atoms with Crippen molar-refractivity contribution < 1.29 is 38.7 Å². The van der Waals surface area contributed by atoms with Gasteiger partial charge in [-0.25, -0.2) is 0 Å². The number of hydrogen-bond acceptors (Lipinski definition) is 8. The molecule has 0 aliphatic carbocycles. The molecule has 0 aliphatic heterocycles. The molecule has 0 aromatic heterocycles. The van der Waals surface area contributed by atoms with E-state index in [9.17, 15) is 19.8 Å². The van der Waals surface area contributed by atoms with Crippen molar-refractivity contribution in [2.45, 2.75) is 43.9 Å². The predicted molar refractivity (Wildman–Crippen MR) is 76.6 cm³/mol. The molecule has 2 N–H and O–H groups in total. The molecule has 0 bridgehead atoms. The molecule has 0 rings (SSSR count). The van der Waals surface area contributed by atoms with E-state index in [1.807, 2.05) is 0 Å². The summed E-state index contributed by atoms with van der Waals surface area (Å²) < 4.78 is 20.5. The first kappa shape index (κ1) is 21.1. The minimum atomic E-state index is -2.02.